The fourth-order valence-corrected chi connectivity index (χ4v) is 4.81. The maximum Gasteiger partial charge on any atom is 0.277 e. The second kappa shape index (κ2) is 7.47. The van der Waals surface area contributed by atoms with E-state index in [0.717, 1.165) is 5.56 Å². The molecule has 1 aromatic heterocycles. The first-order valence-corrected chi connectivity index (χ1v) is 10.4. The average Bonchev–Trinajstić information content (AvgIpc) is 2.78. The number of nitrogens with zero attached hydrogens (tertiary/aromatic N) is 3. The van der Waals surface area contributed by atoms with E-state index < -0.39 is 40.9 Å². The van der Waals surface area contributed by atoms with Crippen LogP contribution >= 0.6 is 0 Å². The predicted molar refractivity (Wildman–Crippen MR) is 114 cm³/mol. The van der Waals surface area contributed by atoms with E-state index in [2.05, 4.69) is 0 Å². The van der Waals surface area contributed by atoms with Gasteiger partial charge in [0.1, 0.15) is 6.17 Å². The highest BCUT2D eigenvalue weighted by atomic mass is 19.2. The highest BCUT2D eigenvalue weighted by molar-refractivity contribution is 5.96. The van der Waals surface area contributed by atoms with E-state index in [1.54, 1.807) is 7.05 Å². The lowest BCUT2D eigenvalue weighted by Crippen LogP contribution is -2.61. The van der Waals surface area contributed by atoms with Gasteiger partial charge in [0.15, 0.2) is 23.1 Å². The van der Waals surface area contributed by atoms with Crippen LogP contribution in [-0.2, 0) is 6.42 Å². The molecule has 0 fully saturated rings. The number of benzene rings is 2. The van der Waals surface area contributed by atoms with Crippen molar-refractivity contribution >= 4 is 5.91 Å². The van der Waals surface area contributed by atoms with Crippen LogP contribution in [0.3, 0.4) is 0 Å². The number of pyridine rings is 1. The third kappa shape index (κ3) is 2.97. The molecule has 0 radical (unpaired) electrons. The van der Waals surface area contributed by atoms with Crippen molar-refractivity contribution in [1.29, 1.82) is 0 Å². The number of hydrogen-bond acceptors (Lipinski definition) is 4. The van der Waals surface area contributed by atoms with Crippen molar-refractivity contribution in [1.82, 2.24) is 9.58 Å². The van der Waals surface area contributed by atoms with Crippen LogP contribution in [0.25, 0.3) is 0 Å². The topological polar surface area (TPSA) is 65.8 Å². The van der Waals surface area contributed by atoms with E-state index in [9.17, 15) is 23.5 Å². The molecule has 3 heterocycles. The van der Waals surface area contributed by atoms with Gasteiger partial charge in [0.05, 0.1) is 6.04 Å². The third-order valence-corrected chi connectivity index (χ3v) is 6.34. The molecule has 1 amide bonds. The summed E-state index contributed by atoms with van der Waals surface area (Å²) in [5.74, 6) is -2.96. The van der Waals surface area contributed by atoms with Crippen LogP contribution in [0.4, 0.5) is 8.78 Å². The van der Waals surface area contributed by atoms with Crippen LogP contribution in [0.15, 0.2) is 59.5 Å². The fraction of sp³-hybridized carbons (Fsp3) is 0.250. The monoisotopic (exact) mass is 437 g/mol. The molecule has 2 aromatic carbocycles. The number of amides is 1. The maximum absolute atomic E-state index is 14.5. The van der Waals surface area contributed by atoms with Gasteiger partial charge in [0.25, 0.3) is 5.91 Å². The molecule has 0 saturated carbocycles. The smallest absolute Gasteiger partial charge is 0.277 e. The number of carbonyl (C=O) groups is 1. The number of aromatic hydroxyl groups is 1. The van der Waals surface area contributed by atoms with Crippen molar-refractivity contribution in [3.63, 3.8) is 0 Å². The zero-order chi connectivity index (χ0) is 22.6. The summed E-state index contributed by atoms with van der Waals surface area (Å²) in [6, 6.07) is 12.4. The molecule has 2 aliphatic heterocycles. The van der Waals surface area contributed by atoms with Crippen molar-refractivity contribution in [3.8, 4) is 5.75 Å². The van der Waals surface area contributed by atoms with E-state index in [-0.39, 0.29) is 5.69 Å². The lowest BCUT2D eigenvalue weighted by molar-refractivity contribution is 0.0600. The van der Waals surface area contributed by atoms with Gasteiger partial charge in [0.2, 0.25) is 5.43 Å². The SMILES string of the molecule is CN1C(=O)c2c(O)c(=O)ccn2N2[C@@H](c3ccccc3)c3cc(F)c(F)cc3CCC[C@H]12. The Morgan fingerprint density at radius 2 is 1.75 bits per heavy atom. The Bertz CT molecular complexity index is 1280. The van der Waals surface area contributed by atoms with Crippen LogP contribution in [-0.4, -0.2) is 33.8 Å². The summed E-state index contributed by atoms with van der Waals surface area (Å²) >= 11 is 0. The Morgan fingerprint density at radius 1 is 1.03 bits per heavy atom. The number of hydrogen-bond donors (Lipinski definition) is 1. The molecule has 32 heavy (non-hydrogen) atoms. The van der Waals surface area contributed by atoms with Gasteiger partial charge >= 0.3 is 0 Å². The molecule has 8 heteroatoms. The number of rotatable bonds is 1. The first-order valence-electron chi connectivity index (χ1n) is 10.4. The highest BCUT2D eigenvalue weighted by Crippen LogP contribution is 2.39. The second-order valence-corrected chi connectivity index (χ2v) is 8.17. The summed E-state index contributed by atoms with van der Waals surface area (Å²) in [7, 11) is 1.62. The fourth-order valence-electron chi connectivity index (χ4n) is 4.81. The highest BCUT2D eigenvalue weighted by Gasteiger charge is 2.42. The molecule has 5 rings (SSSR count). The van der Waals surface area contributed by atoms with Crippen molar-refractivity contribution in [2.24, 2.45) is 0 Å². The molecule has 2 aliphatic rings. The number of aryl methyl sites for hydroxylation is 1. The quantitative estimate of drug-likeness (QED) is 0.635. The molecule has 3 aromatic rings. The van der Waals surface area contributed by atoms with E-state index in [0.29, 0.717) is 30.4 Å². The van der Waals surface area contributed by atoms with Gasteiger partial charge in [-0.2, -0.15) is 0 Å². The summed E-state index contributed by atoms with van der Waals surface area (Å²) in [5, 5.41) is 12.3. The molecule has 0 aliphatic carbocycles. The minimum absolute atomic E-state index is 0.151. The molecule has 2 atom stereocenters. The number of aromatic nitrogens is 1. The molecule has 0 unspecified atom stereocenters. The van der Waals surface area contributed by atoms with Crippen molar-refractivity contribution in [2.45, 2.75) is 31.5 Å². The normalized spacial score (nSPS) is 20.2. The summed E-state index contributed by atoms with van der Waals surface area (Å²) in [6.07, 6.45) is 2.76. The molecular weight excluding hydrogens is 416 g/mol. The predicted octanol–water partition coefficient (Wildman–Crippen LogP) is 3.31. The van der Waals surface area contributed by atoms with Crippen LogP contribution in [0.5, 0.6) is 5.75 Å². The summed E-state index contributed by atoms with van der Waals surface area (Å²) in [6.45, 7) is 0. The zero-order valence-corrected chi connectivity index (χ0v) is 17.3. The van der Waals surface area contributed by atoms with Crippen LogP contribution in [0.1, 0.15) is 46.1 Å². The Hall–Kier alpha value is -3.68. The first kappa shape index (κ1) is 20.2. The lowest BCUT2D eigenvalue weighted by atomic mass is 9.88. The first-order chi connectivity index (χ1) is 15.4. The van der Waals surface area contributed by atoms with E-state index in [1.807, 2.05) is 35.3 Å². The maximum atomic E-state index is 14.5. The van der Waals surface area contributed by atoms with Gasteiger partial charge in [-0.25, -0.2) is 8.78 Å². The van der Waals surface area contributed by atoms with Gasteiger partial charge < -0.3 is 10.0 Å². The number of fused-ring (bicyclic) bond motifs is 4. The van der Waals surface area contributed by atoms with Crippen molar-refractivity contribution in [3.05, 3.63) is 99.0 Å². The molecular formula is C24H21F2N3O3. The van der Waals surface area contributed by atoms with Crippen LogP contribution < -0.4 is 10.4 Å². The third-order valence-electron chi connectivity index (χ3n) is 6.34. The summed E-state index contributed by atoms with van der Waals surface area (Å²) in [5.41, 5.74) is 1.25. The molecule has 164 valence electrons. The Labute approximate surface area is 182 Å². The minimum atomic E-state index is -0.953. The zero-order valence-electron chi connectivity index (χ0n) is 17.3. The van der Waals surface area contributed by atoms with E-state index in [4.69, 9.17) is 0 Å². The second-order valence-electron chi connectivity index (χ2n) is 8.17. The van der Waals surface area contributed by atoms with Crippen LogP contribution in [0.2, 0.25) is 0 Å². The standard InChI is InChI=1S/C24H21F2N3O3/c1-27-20-9-5-8-15-12-17(25)18(26)13-16(15)21(14-6-3-2-4-7-14)29(20)28-11-10-19(30)23(31)22(28)24(27)32/h2-4,6-7,10-13,20-21,31H,5,8-9H2,1H3/t20-,21+/m1/s1. The minimum Gasteiger partial charge on any atom is -0.502 e. The Kier molecular flexibility index (Phi) is 4.73. The summed E-state index contributed by atoms with van der Waals surface area (Å²) in [4.78, 5) is 26.7. The molecule has 6 nitrogen and oxygen atoms in total. The molecule has 0 spiro atoms. The van der Waals surface area contributed by atoms with Crippen molar-refractivity contribution < 1.29 is 18.7 Å². The largest absolute Gasteiger partial charge is 0.502 e. The van der Waals surface area contributed by atoms with E-state index in [1.165, 1.54) is 34.0 Å². The van der Waals surface area contributed by atoms with E-state index >= 15 is 0 Å². The molecule has 1 N–H and O–H groups in total. The van der Waals surface area contributed by atoms with Crippen molar-refractivity contribution in [2.75, 3.05) is 12.1 Å². The Morgan fingerprint density at radius 3 is 2.50 bits per heavy atom. The Balaban J connectivity index is 1.84. The summed E-state index contributed by atoms with van der Waals surface area (Å²) < 4.78 is 30.1. The van der Waals surface area contributed by atoms with Gasteiger partial charge in [-0.3, -0.25) is 19.3 Å². The van der Waals surface area contributed by atoms with Gasteiger partial charge in [-0.1, -0.05) is 30.3 Å². The van der Waals surface area contributed by atoms with Gasteiger partial charge in [-0.15, -0.1) is 0 Å². The lowest BCUT2D eigenvalue weighted by Gasteiger charge is -2.50. The number of halogens is 2. The average molecular weight is 437 g/mol. The van der Waals surface area contributed by atoms with Crippen LogP contribution in [0, 0.1) is 11.6 Å². The molecule has 0 bridgehead atoms. The molecule has 0 saturated heterocycles. The van der Waals surface area contributed by atoms with Gasteiger partial charge in [0, 0.05) is 19.3 Å². The van der Waals surface area contributed by atoms with Gasteiger partial charge in [-0.05, 0) is 48.1 Å². The number of carbonyl (C=O) groups excluding carboxylic acids is 1.